The van der Waals surface area contributed by atoms with Crippen LogP contribution >= 0.6 is 0 Å². The van der Waals surface area contributed by atoms with Crippen molar-refractivity contribution >= 4 is 5.91 Å². The number of imidazole rings is 1. The monoisotopic (exact) mass is 277 g/mol. The van der Waals surface area contributed by atoms with E-state index in [1.165, 1.54) is 0 Å². The molecule has 0 aliphatic carbocycles. The van der Waals surface area contributed by atoms with Gasteiger partial charge >= 0.3 is 0 Å². The molecule has 0 saturated carbocycles. The first-order chi connectivity index (χ1) is 9.84. The van der Waals surface area contributed by atoms with E-state index < -0.39 is 0 Å². The van der Waals surface area contributed by atoms with Gasteiger partial charge in [0.1, 0.15) is 0 Å². The van der Waals surface area contributed by atoms with E-state index in [1.807, 2.05) is 17.4 Å². The summed E-state index contributed by atoms with van der Waals surface area (Å²) in [5.74, 6) is 0.328. The van der Waals surface area contributed by atoms with Crippen molar-refractivity contribution in [3.63, 3.8) is 0 Å². The minimum absolute atomic E-state index is 0.0941. The van der Waals surface area contributed by atoms with Crippen LogP contribution in [0.25, 0.3) is 0 Å². The second-order valence-corrected chi connectivity index (χ2v) is 5.57. The summed E-state index contributed by atoms with van der Waals surface area (Å²) in [4.78, 5) is 21.0. The zero-order valence-electron chi connectivity index (χ0n) is 11.9. The van der Waals surface area contributed by atoms with Crippen molar-refractivity contribution in [2.24, 2.45) is 0 Å². The third-order valence-electron chi connectivity index (χ3n) is 4.28. The molecule has 1 aromatic rings. The van der Waals surface area contributed by atoms with E-state index in [0.29, 0.717) is 5.91 Å². The number of carbonyl (C=O) groups excluding carboxylic acids is 1. The first-order valence-electron chi connectivity index (χ1n) is 7.54. The maximum atomic E-state index is 12.6. The lowest BCUT2D eigenvalue weighted by molar-refractivity contribution is -0.136. The van der Waals surface area contributed by atoms with E-state index in [0.717, 1.165) is 58.7 Å². The number of nitrogens with one attached hydrogen (secondary N) is 1. The van der Waals surface area contributed by atoms with Gasteiger partial charge in [-0.1, -0.05) is 0 Å². The number of piperazine rings is 1. The Bertz CT molecular complexity index is 427. The van der Waals surface area contributed by atoms with Crippen LogP contribution in [0.2, 0.25) is 0 Å². The van der Waals surface area contributed by atoms with Crippen LogP contribution in [0, 0.1) is 0 Å². The highest BCUT2D eigenvalue weighted by molar-refractivity contribution is 5.82. The molecule has 0 aromatic carbocycles. The van der Waals surface area contributed by atoms with Crippen molar-refractivity contribution in [1.29, 1.82) is 0 Å². The van der Waals surface area contributed by atoms with Crippen molar-refractivity contribution in [3.8, 4) is 0 Å². The van der Waals surface area contributed by atoms with Gasteiger partial charge < -0.3 is 14.8 Å². The van der Waals surface area contributed by atoms with Crippen LogP contribution in [-0.4, -0.2) is 70.6 Å². The Kier molecular flexibility index (Phi) is 4.32. The fraction of sp³-hybridized carbons (Fsp3) is 0.714. The number of rotatable bonds is 4. The molecule has 2 aliphatic heterocycles. The number of carbonyl (C=O) groups is 1. The zero-order chi connectivity index (χ0) is 13.8. The van der Waals surface area contributed by atoms with E-state index in [9.17, 15) is 4.79 Å². The molecule has 1 amide bonds. The Labute approximate surface area is 119 Å². The summed E-state index contributed by atoms with van der Waals surface area (Å²) in [6.07, 6.45) is 7.75. The number of likely N-dealkylation sites (tertiary alicyclic amines) is 1. The van der Waals surface area contributed by atoms with Crippen LogP contribution in [0.15, 0.2) is 18.7 Å². The molecule has 1 atom stereocenters. The lowest BCUT2D eigenvalue weighted by atomic mass is 10.1. The van der Waals surface area contributed by atoms with Gasteiger partial charge in [0.25, 0.3) is 0 Å². The largest absolute Gasteiger partial charge is 0.339 e. The maximum Gasteiger partial charge on any atom is 0.240 e. The molecule has 6 heteroatoms. The number of aromatic nitrogens is 2. The van der Waals surface area contributed by atoms with Crippen molar-refractivity contribution in [3.05, 3.63) is 18.7 Å². The first kappa shape index (κ1) is 13.6. The summed E-state index contributed by atoms with van der Waals surface area (Å²) < 4.78 is 2.07. The fourth-order valence-corrected chi connectivity index (χ4v) is 3.13. The van der Waals surface area contributed by atoms with E-state index in [-0.39, 0.29) is 6.04 Å². The molecule has 0 spiro atoms. The molecule has 1 aromatic heterocycles. The lowest BCUT2D eigenvalue weighted by Gasteiger charge is -2.33. The van der Waals surface area contributed by atoms with Gasteiger partial charge in [0, 0.05) is 51.7 Å². The topological polar surface area (TPSA) is 53.4 Å². The number of hydrogen-bond acceptors (Lipinski definition) is 4. The van der Waals surface area contributed by atoms with Crippen molar-refractivity contribution in [1.82, 2.24) is 24.7 Å². The van der Waals surface area contributed by atoms with Crippen LogP contribution in [0.5, 0.6) is 0 Å². The Hall–Kier alpha value is -1.40. The van der Waals surface area contributed by atoms with Crippen LogP contribution in [0.3, 0.4) is 0 Å². The minimum atomic E-state index is 0.0941. The fourth-order valence-electron chi connectivity index (χ4n) is 3.13. The average Bonchev–Trinajstić information content (AvgIpc) is 3.16. The number of amides is 1. The molecule has 1 unspecified atom stereocenters. The molecular weight excluding hydrogens is 254 g/mol. The number of nitrogens with zero attached hydrogens (tertiary/aromatic N) is 4. The molecule has 2 fully saturated rings. The molecule has 110 valence electrons. The van der Waals surface area contributed by atoms with Crippen LogP contribution < -0.4 is 5.32 Å². The van der Waals surface area contributed by atoms with Crippen LogP contribution in [0.1, 0.15) is 12.8 Å². The molecular formula is C14H23N5O. The highest BCUT2D eigenvalue weighted by Gasteiger charge is 2.33. The summed E-state index contributed by atoms with van der Waals surface area (Å²) in [6, 6.07) is 0.0941. The van der Waals surface area contributed by atoms with E-state index >= 15 is 0 Å². The molecule has 0 bridgehead atoms. The van der Waals surface area contributed by atoms with Crippen molar-refractivity contribution in [2.75, 3.05) is 39.3 Å². The van der Waals surface area contributed by atoms with E-state index in [2.05, 4.69) is 19.8 Å². The van der Waals surface area contributed by atoms with Gasteiger partial charge in [-0.05, 0) is 19.4 Å². The van der Waals surface area contributed by atoms with Crippen LogP contribution in [-0.2, 0) is 11.3 Å². The van der Waals surface area contributed by atoms with Gasteiger partial charge in [-0.2, -0.15) is 0 Å². The van der Waals surface area contributed by atoms with Gasteiger partial charge in [-0.25, -0.2) is 4.98 Å². The Morgan fingerprint density at radius 2 is 2.10 bits per heavy atom. The maximum absolute atomic E-state index is 12.6. The molecule has 2 aliphatic rings. The Morgan fingerprint density at radius 3 is 2.85 bits per heavy atom. The van der Waals surface area contributed by atoms with E-state index in [1.54, 1.807) is 6.20 Å². The summed E-state index contributed by atoms with van der Waals surface area (Å²) in [5.41, 5.74) is 0. The standard InChI is InChI=1S/C14H23N5O/c20-14(19-8-4-15-5-9-19)13-2-1-6-18(13)11-10-17-7-3-16-12-17/h3,7,12-13,15H,1-2,4-6,8-11H2. The molecule has 3 rings (SSSR count). The second-order valence-electron chi connectivity index (χ2n) is 5.57. The first-order valence-corrected chi connectivity index (χ1v) is 7.54. The summed E-state index contributed by atoms with van der Waals surface area (Å²) in [5, 5.41) is 3.30. The van der Waals surface area contributed by atoms with Crippen molar-refractivity contribution < 1.29 is 4.79 Å². The molecule has 6 nitrogen and oxygen atoms in total. The predicted octanol–water partition coefficient (Wildman–Crippen LogP) is -0.221. The number of hydrogen-bond donors (Lipinski definition) is 1. The quantitative estimate of drug-likeness (QED) is 0.827. The highest BCUT2D eigenvalue weighted by atomic mass is 16.2. The normalized spacial score (nSPS) is 24.2. The van der Waals surface area contributed by atoms with Crippen LogP contribution in [0.4, 0.5) is 0 Å². The van der Waals surface area contributed by atoms with Gasteiger partial charge in [0.2, 0.25) is 5.91 Å². The second kappa shape index (κ2) is 6.37. The Morgan fingerprint density at radius 1 is 1.25 bits per heavy atom. The highest BCUT2D eigenvalue weighted by Crippen LogP contribution is 2.19. The van der Waals surface area contributed by atoms with Crippen molar-refractivity contribution in [2.45, 2.75) is 25.4 Å². The molecule has 3 heterocycles. The van der Waals surface area contributed by atoms with E-state index in [4.69, 9.17) is 0 Å². The Balaban J connectivity index is 1.55. The summed E-state index contributed by atoms with van der Waals surface area (Å²) in [7, 11) is 0. The predicted molar refractivity (Wildman–Crippen MR) is 76.3 cm³/mol. The summed E-state index contributed by atoms with van der Waals surface area (Å²) >= 11 is 0. The smallest absolute Gasteiger partial charge is 0.240 e. The van der Waals surface area contributed by atoms with Gasteiger partial charge in [0.05, 0.1) is 12.4 Å². The third kappa shape index (κ3) is 3.02. The molecule has 2 saturated heterocycles. The third-order valence-corrected chi connectivity index (χ3v) is 4.28. The average molecular weight is 277 g/mol. The SMILES string of the molecule is O=C(C1CCCN1CCn1ccnc1)N1CCNCC1. The zero-order valence-corrected chi connectivity index (χ0v) is 11.9. The molecule has 20 heavy (non-hydrogen) atoms. The minimum Gasteiger partial charge on any atom is -0.339 e. The van der Waals surface area contributed by atoms with Gasteiger partial charge in [0.15, 0.2) is 0 Å². The lowest BCUT2D eigenvalue weighted by Crippen LogP contribution is -2.52. The molecule has 0 radical (unpaired) electrons. The summed E-state index contributed by atoms with van der Waals surface area (Å²) in [6.45, 7) is 6.43. The molecule has 1 N–H and O–H groups in total. The van der Waals surface area contributed by atoms with Gasteiger partial charge in [-0.3, -0.25) is 9.69 Å². The van der Waals surface area contributed by atoms with Gasteiger partial charge in [-0.15, -0.1) is 0 Å².